The zero-order valence-corrected chi connectivity index (χ0v) is 20.1. The highest BCUT2D eigenvalue weighted by Crippen LogP contribution is 2.29. The van der Waals surface area contributed by atoms with Crippen LogP contribution in [0.1, 0.15) is 37.5 Å². The van der Waals surface area contributed by atoms with Gasteiger partial charge in [0.1, 0.15) is 17.1 Å². The first kappa shape index (κ1) is 24.0. The van der Waals surface area contributed by atoms with Gasteiger partial charge in [0, 0.05) is 23.2 Å². The van der Waals surface area contributed by atoms with Gasteiger partial charge in [-0.15, -0.1) is 0 Å². The van der Waals surface area contributed by atoms with Gasteiger partial charge in [-0.25, -0.2) is 9.18 Å². The van der Waals surface area contributed by atoms with Gasteiger partial charge in [-0.1, -0.05) is 24.3 Å². The van der Waals surface area contributed by atoms with Crippen molar-refractivity contribution in [2.45, 2.75) is 20.3 Å². The fraction of sp³-hybridized carbons (Fsp3) is 0.214. The van der Waals surface area contributed by atoms with E-state index in [0.717, 1.165) is 33.3 Å². The molecule has 35 heavy (non-hydrogen) atoms. The Morgan fingerprint density at radius 1 is 0.971 bits per heavy atom. The summed E-state index contributed by atoms with van der Waals surface area (Å²) in [5.41, 5.74) is 6.02. The molecule has 0 spiro atoms. The quantitative estimate of drug-likeness (QED) is 0.354. The van der Waals surface area contributed by atoms with Gasteiger partial charge in [0.25, 0.3) is 5.91 Å². The molecule has 0 aliphatic carbocycles. The molecule has 1 amide bonds. The van der Waals surface area contributed by atoms with Crippen molar-refractivity contribution in [2.24, 2.45) is 0 Å². The third-order valence-electron chi connectivity index (χ3n) is 6.18. The van der Waals surface area contributed by atoms with Crippen LogP contribution in [0.2, 0.25) is 0 Å². The molecule has 0 fully saturated rings. The van der Waals surface area contributed by atoms with E-state index in [9.17, 15) is 14.0 Å². The number of carbonyl (C=O) groups excluding carboxylic acids is 2. The van der Waals surface area contributed by atoms with Crippen LogP contribution >= 0.6 is 0 Å². The first-order valence-corrected chi connectivity index (χ1v) is 11.2. The largest absolute Gasteiger partial charge is 0.496 e. The van der Waals surface area contributed by atoms with Crippen LogP contribution in [0.25, 0.3) is 22.0 Å². The Morgan fingerprint density at radius 3 is 2.37 bits per heavy atom. The summed E-state index contributed by atoms with van der Waals surface area (Å²) in [6.07, 6.45) is 0.590. The molecular weight excluding hydrogens is 447 g/mol. The van der Waals surface area contributed by atoms with Gasteiger partial charge >= 0.3 is 5.97 Å². The number of carbonyl (C=O) groups is 2. The Morgan fingerprint density at radius 2 is 1.69 bits per heavy atom. The number of esters is 1. The van der Waals surface area contributed by atoms with Gasteiger partial charge in [0.2, 0.25) is 0 Å². The fourth-order valence-corrected chi connectivity index (χ4v) is 4.32. The number of hydrogen-bond donors (Lipinski definition) is 2. The van der Waals surface area contributed by atoms with E-state index in [-0.39, 0.29) is 11.7 Å². The number of fused-ring (bicyclic) bond motifs is 1. The summed E-state index contributed by atoms with van der Waals surface area (Å²) in [4.78, 5) is 27.7. The second-order valence-corrected chi connectivity index (χ2v) is 8.33. The molecule has 2 N–H and O–H groups in total. The predicted molar refractivity (Wildman–Crippen MR) is 134 cm³/mol. The first-order valence-electron chi connectivity index (χ1n) is 11.2. The van der Waals surface area contributed by atoms with Gasteiger partial charge in [0.05, 0.1) is 19.7 Å². The van der Waals surface area contributed by atoms with Crippen LogP contribution in [0, 0.1) is 19.7 Å². The lowest BCUT2D eigenvalue weighted by Crippen LogP contribution is -2.25. The molecule has 0 bridgehead atoms. The number of rotatable bonds is 7. The van der Waals surface area contributed by atoms with Crippen molar-refractivity contribution in [2.75, 3.05) is 20.8 Å². The van der Waals surface area contributed by atoms with Crippen LogP contribution in [0.4, 0.5) is 4.39 Å². The standard InChI is InChI=1S/C28H27FN2O4/c1-16-5-12-23(29)26-25(16)21(17(2)31-26)13-14-30-27(32)19-8-6-18(7-9-19)20-10-11-22(28(33)35-4)24(15-20)34-3/h5-12,15,31H,13-14H2,1-4H3,(H,30,32). The maximum Gasteiger partial charge on any atom is 0.341 e. The smallest absolute Gasteiger partial charge is 0.341 e. The van der Waals surface area contributed by atoms with Crippen LogP contribution in [-0.2, 0) is 11.2 Å². The molecule has 0 atom stereocenters. The normalized spacial score (nSPS) is 10.9. The van der Waals surface area contributed by atoms with Crippen LogP contribution < -0.4 is 10.1 Å². The summed E-state index contributed by atoms with van der Waals surface area (Å²) >= 11 is 0. The van der Waals surface area contributed by atoms with E-state index in [2.05, 4.69) is 10.3 Å². The molecule has 0 aliphatic rings. The van der Waals surface area contributed by atoms with E-state index in [1.165, 1.54) is 20.3 Å². The zero-order valence-electron chi connectivity index (χ0n) is 20.1. The first-order chi connectivity index (χ1) is 16.8. The average molecular weight is 475 g/mol. The Kier molecular flexibility index (Phi) is 6.87. The SMILES string of the molecule is COC(=O)c1ccc(-c2ccc(C(=O)NCCc3c(C)[nH]c4c(F)ccc(C)c34)cc2)cc1OC. The number of amides is 1. The number of aromatic nitrogens is 1. The van der Waals surface area contributed by atoms with Crippen LogP contribution in [0.5, 0.6) is 5.75 Å². The highest BCUT2D eigenvalue weighted by molar-refractivity contribution is 5.95. The lowest BCUT2D eigenvalue weighted by Gasteiger charge is -2.10. The zero-order chi connectivity index (χ0) is 25.1. The number of methoxy groups -OCH3 is 2. The maximum absolute atomic E-state index is 14.2. The second kappa shape index (κ2) is 10.0. The summed E-state index contributed by atoms with van der Waals surface area (Å²) in [6.45, 7) is 4.30. The molecule has 1 heterocycles. The number of ether oxygens (including phenoxy) is 2. The number of aryl methyl sites for hydroxylation is 2. The lowest BCUT2D eigenvalue weighted by atomic mass is 10.0. The summed E-state index contributed by atoms with van der Waals surface area (Å²) in [5.74, 6) is -0.514. The fourth-order valence-electron chi connectivity index (χ4n) is 4.32. The van der Waals surface area contributed by atoms with E-state index < -0.39 is 5.97 Å². The second-order valence-electron chi connectivity index (χ2n) is 8.33. The molecule has 3 aromatic carbocycles. The van der Waals surface area contributed by atoms with Gasteiger partial charge in [-0.3, -0.25) is 4.79 Å². The van der Waals surface area contributed by atoms with E-state index in [0.29, 0.717) is 35.4 Å². The number of nitrogens with one attached hydrogen (secondary N) is 2. The van der Waals surface area contributed by atoms with Gasteiger partial charge in [0.15, 0.2) is 0 Å². The minimum Gasteiger partial charge on any atom is -0.496 e. The number of H-pyrrole nitrogens is 1. The average Bonchev–Trinajstić information content (AvgIpc) is 3.22. The van der Waals surface area contributed by atoms with Gasteiger partial charge in [-0.05, 0) is 72.9 Å². The topological polar surface area (TPSA) is 80.4 Å². The van der Waals surface area contributed by atoms with Gasteiger partial charge in [-0.2, -0.15) is 0 Å². The third kappa shape index (κ3) is 4.75. The monoisotopic (exact) mass is 474 g/mol. The van der Waals surface area contributed by atoms with Crippen LogP contribution in [-0.4, -0.2) is 37.6 Å². The Hall–Kier alpha value is -4.13. The number of benzene rings is 3. The van der Waals surface area contributed by atoms with Crippen LogP contribution in [0.3, 0.4) is 0 Å². The summed E-state index contributed by atoms with van der Waals surface area (Å²) in [5, 5.41) is 3.83. The molecule has 7 heteroatoms. The van der Waals surface area contributed by atoms with E-state index in [4.69, 9.17) is 9.47 Å². The molecule has 4 rings (SSSR count). The highest BCUT2D eigenvalue weighted by Gasteiger charge is 2.16. The van der Waals surface area contributed by atoms with E-state index in [1.54, 1.807) is 36.4 Å². The van der Waals surface area contributed by atoms with E-state index in [1.807, 2.05) is 26.0 Å². The summed E-state index contributed by atoms with van der Waals surface area (Å²) < 4.78 is 24.3. The van der Waals surface area contributed by atoms with Crippen molar-refractivity contribution in [3.8, 4) is 16.9 Å². The summed E-state index contributed by atoms with van der Waals surface area (Å²) in [6, 6.07) is 15.6. The molecule has 6 nitrogen and oxygen atoms in total. The molecule has 0 saturated carbocycles. The number of halogens is 1. The Labute approximate surface area is 203 Å². The molecule has 1 aromatic heterocycles. The molecule has 0 saturated heterocycles. The van der Waals surface area contributed by atoms with Crippen molar-refractivity contribution in [1.82, 2.24) is 10.3 Å². The minimum absolute atomic E-state index is 0.185. The molecule has 0 radical (unpaired) electrons. The van der Waals surface area contributed by atoms with Gasteiger partial charge < -0.3 is 19.8 Å². The molecule has 180 valence electrons. The Balaban J connectivity index is 1.44. The Bertz CT molecular complexity index is 1410. The number of aromatic amines is 1. The maximum atomic E-state index is 14.2. The predicted octanol–water partition coefficient (Wildman–Crippen LogP) is 5.36. The lowest BCUT2D eigenvalue weighted by molar-refractivity contribution is 0.0597. The van der Waals surface area contributed by atoms with Crippen molar-refractivity contribution < 1.29 is 23.5 Å². The highest BCUT2D eigenvalue weighted by atomic mass is 19.1. The summed E-state index contributed by atoms with van der Waals surface area (Å²) in [7, 11) is 2.82. The van der Waals surface area contributed by atoms with Crippen molar-refractivity contribution in [3.63, 3.8) is 0 Å². The minimum atomic E-state index is -0.469. The number of hydrogen-bond acceptors (Lipinski definition) is 4. The van der Waals surface area contributed by atoms with Crippen molar-refractivity contribution >= 4 is 22.8 Å². The molecule has 0 unspecified atom stereocenters. The van der Waals surface area contributed by atoms with Crippen LogP contribution in [0.15, 0.2) is 54.6 Å². The van der Waals surface area contributed by atoms with Crippen molar-refractivity contribution in [3.05, 3.63) is 88.4 Å². The molecule has 0 aliphatic heterocycles. The van der Waals surface area contributed by atoms with Crippen molar-refractivity contribution in [1.29, 1.82) is 0 Å². The molecule has 4 aromatic rings. The molecular formula is C28H27FN2O4. The third-order valence-corrected chi connectivity index (χ3v) is 6.18. The van der Waals surface area contributed by atoms with E-state index >= 15 is 0 Å².